The molecule has 0 spiro atoms. The lowest BCUT2D eigenvalue weighted by Gasteiger charge is -2.30. The number of carbonyl (C=O) groups excluding carboxylic acids is 3. The van der Waals surface area contributed by atoms with Gasteiger partial charge in [0.05, 0.1) is 20.8 Å². The van der Waals surface area contributed by atoms with Crippen LogP contribution >= 0.6 is 0 Å². The summed E-state index contributed by atoms with van der Waals surface area (Å²) in [6.07, 6.45) is 1.34. The van der Waals surface area contributed by atoms with Gasteiger partial charge in [-0.3, -0.25) is 19.3 Å². The lowest BCUT2D eigenvalue weighted by atomic mass is 9.95. The molecule has 1 fully saturated rings. The quantitative estimate of drug-likeness (QED) is 0.566. The number of likely N-dealkylation sites (tertiary alicyclic amines) is 1. The summed E-state index contributed by atoms with van der Waals surface area (Å²) < 4.78 is 10.5. The SMILES string of the molecule is COc1ccc(NC(=O)CN2CCC(C(=O)Nc3cccc(NC(C)=O)c3)CC2)cc1OC. The molecule has 2 aromatic carbocycles. The number of hydrogen-bond acceptors (Lipinski definition) is 6. The van der Waals surface area contributed by atoms with Crippen LogP contribution in [-0.4, -0.2) is 56.5 Å². The summed E-state index contributed by atoms with van der Waals surface area (Å²) in [7, 11) is 3.10. The minimum absolute atomic E-state index is 0.0515. The third kappa shape index (κ3) is 6.95. The molecule has 0 radical (unpaired) electrons. The van der Waals surface area contributed by atoms with E-state index < -0.39 is 0 Å². The predicted octanol–water partition coefficient (Wildman–Crippen LogP) is 2.95. The Morgan fingerprint density at radius 3 is 2.15 bits per heavy atom. The van der Waals surface area contributed by atoms with Crippen molar-refractivity contribution < 1.29 is 23.9 Å². The highest BCUT2D eigenvalue weighted by molar-refractivity contribution is 5.95. The Balaban J connectivity index is 1.46. The second kappa shape index (κ2) is 11.3. The van der Waals surface area contributed by atoms with Crippen molar-refractivity contribution in [3.8, 4) is 11.5 Å². The number of anilines is 3. The molecule has 0 bridgehead atoms. The molecule has 0 aromatic heterocycles. The molecule has 0 unspecified atom stereocenters. The highest BCUT2D eigenvalue weighted by Gasteiger charge is 2.26. The van der Waals surface area contributed by atoms with Gasteiger partial charge in [0.2, 0.25) is 17.7 Å². The van der Waals surface area contributed by atoms with E-state index in [4.69, 9.17) is 9.47 Å². The highest BCUT2D eigenvalue weighted by Crippen LogP contribution is 2.29. The second-order valence-electron chi connectivity index (χ2n) is 7.92. The fourth-order valence-electron chi connectivity index (χ4n) is 3.79. The van der Waals surface area contributed by atoms with Crippen LogP contribution in [-0.2, 0) is 14.4 Å². The number of ether oxygens (including phenoxy) is 2. The summed E-state index contributed by atoms with van der Waals surface area (Å²) in [6.45, 7) is 3.00. The van der Waals surface area contributed by atoms with E-state index >= 15 is 0 Å². The zero-order chi connectivity index (χ0) is 23.8. The molecule has 1 saturated heterocycles. The molecule has 1 aliphatic heterocycles. The zero-order valence-electron chi connectivity index (χ0n) is 19.1. The van der Waals surface area contributed by atoms with Crippen molar-refractivity contribution >= 4 is 34.8 Å². The molecule has 0 saturated carbocycles. The van der Waals surface area contributed by atoms with Crippen LogP contribution in [0.1, 0.15) is 19.8 Å². The van der Waals surface area contributed by atoms with Gasteiger partial charge < -0.3 is 25.4 Å². The van der Waals surface area contributed by atoms with Crippen LogP contribution in [0.15, 0.2) is 42.5 Å². The minimum atomic E-state index is -0.166. The van der Waals surface area contributed by atoms with Gasteiger partial charge in [-0.25, -0.2) is 0 Å². The summed E-state index contributed by atoms with van der Waals surface area (Å²) >= 11 is 0. The van der Waals surface area contributed by atoms with Crippen molar-refractivity contribution in [2.24, 2.45) is 5.92 Å². The fourth-order valence-corrected chi connectivity index (χ4v) is 3.79. The van der Waals surface area contributed by atoms with Crippen LogP contribution < -0.4 is 25.4 Å². The highest BCUT2D eigenvalue weighted by atomic mass is 16.5. The Hall–Kier alpha value is -3.59. The number of nitrogens with zero attached hydrogens (tertiary/aromatic N) is 1. The van der Waals surface area contributed by atoms with Gasteiger partial charge in [0.15, 0.2) is 11.5 Å². The van der Waals surface area contributed by atoms with Gasteiger partial charge >= 0.3 is 0 Å². The Labute approximate surface area is 193 Å². The summed E-state index contributed by atoms with van der Waals surface area (Å²) in [5.41, 5.74) is 1.91. The fraction of sp³-hybridized carbons (Fsp3) is 0.375. The van der Waals surface area contributed by atoms with E-state index in [2.05, 4.69) is 16.0 Å². The topological polar surface area (TPSA) is 109 Å². The molecule has 9 heteroatoms. The summed E-state index contributed by atoms with van der Waals surface area (Å²) in [4.78, 5) is 38.4. The van der Waals surface area contributed by atoms with E-state index in [0.717, 1.165) is 0 Å². The molecule has 33 heavy (non-hydrogen) atoms. The number of benzene rings is 2. The summed E-state index contributed by atoms with van der Waals surface area (Å²) in [5, 5.41) is 8.50. The molecule has 0 aliphatic carbocycles. The first-order chi connectivity index (χ1) is 15.9. The molecule has 3 N–H and O–H groups in total. The van der Waals surface area contributed by atoms with Gasteiger partial charge in [0.25, 0.3) is 0 Å². The number of nitrogens with one attached hydrogen (secondary N) is 3. The van der Waals surface area contributed by atoms with E-state index in [1.54, 1.807) is 56.7 Å². The van der Waals surface area contributed by atoms with E-state index in [1.807, 2.05) is 4.90 Å². The molecular formula is C24H30N4O5. The average Bonchev–Trinajstić information content (AvgIpc) is 2.79. The number of rotatable bonds is 8. The zero-order valence-corrected chi connectivity index (χ0v) is 19.1. The molecule has 1 heterocycles. The lowest BCUT2D eigenvalue weighted by molar-refractivity contribution is -0.121. The Kier molecular flexibility index (Phi) is 8.26. The molecule has 3 amide bonds. The van der Waals surface area contributed by atoms with E-state index in [-0.39, 0.29) is 30.2 Å². The van der Waals surface area contributed by atoms with E-state index in [1.165, 1.54) is 6.92 Å². The molecule has 3 rings (SSSR count). The maximum absolute atomic E-state index is 12.7. The standard InChI is InChI=1S/C24H30N4O5/c1-16(29)25-18-5-4-6-19(13-18)27-24(31)17-9-11-28(12-10-17)15-23(30)26-20-7-8-21(32-2)22(14-20)33-3/h4-8,13-14,17H,9-12,15H2,1-3H3,(H,25,29)(H,26,30)(H,27,31). The van der Waals surface area contributed by atoms with Crippen LogP contribution in [0.5, 0.6) is 11.5 Å². The molecule has 2 aromatic rings. The smallest absolute Gasteiger partial charge is 0.238 e. The van der Waals surface area contributed by atoms with Gasteiger partial charge in [-0.1, -0.05) is 6.07 Å². The van der Waals surface area contributed by atoms with Crippen LogP contribution in [0.4, 0.5) is 17.1 Å². The van der Waals surface area contributed by atoms with Crippen molar-refractivity contribution in [3.63, 3.8) is 0 Å². The first-order valence-electron chi connectivity index (χ1n) is 10.8. The number of hydrogen-bond donors (Lipinski definition) is 3. The van der Waals surface area contributed by atoms with Crippen LogP contribution in [0, 0.1) is 5.92 Å². The normalized spacial score (nSPS) is 14.3. The average molecular weight is 455 g/mol. The van der Waals surface area contributed by atoms with Gasteiger partial charge in [0, 0.05) is 36.0 Å². The van der Waals surface area contributed by atoms with Crippen molar-refractivity contribution in [2.75, 3.05) is 49.8 Å². The van der Waals surface area contributed by atoms with Crippen LogP contribution in [0.3, 0.4) is 0 Å². The first kappa shape index (κ1) is 24.1. The van der Waals surface area contributed by atoms with E-state index in [9.17, 15) is 14.4 Å². The Morgan fingerprint density at radius 2 is 1.52 bits per heavy atom. The van der Waals surface area contributed by atoms with Gasteiger partial charge in [-0.15, -0.1) is 0 Å². The lowest BCUT2D eigenvalue weighted by Crippen LogP contribution is -2.41. The number of piperidine rings is 1. The number of amides is 3. The van der Waals surface area contributed by atoms with Crippen molar-refractivity contribution in [1.82, 2.24) is 4.90 Å². The molecule has 1 aliphatic rings. The first-order valence-corrected chi connectivity index (χ1v) is 10.8. The van der Waals surface area contributed by atoms with Crippen LogP contribution in [0.25, 0.3) is 0 Å². The second-order valence-corrected chi connectivity index (χ2v) is 7.92. The Bertz CT molecular complexity index is 1000. The Morgan fingerprint density at radius 1 is 0.879 bits per heavy atom. The monoisotopic (exact) mass is 454 g/mol. The molecular weight excluding hydrogens is 424 g/mol. The summed E-state index contributed by atoms with van der Waals surface area (Å²) in [6, 6.07) is 12.3. The molecule has 0 atom stereocenters. The van der Waals surface area contributed by atoms with Crippen molar-refractivity contribution in [3.05, 3.63) is 42.5 Å². The third-order valence-corrected chi connectivity index (χ3v) is 5.44. The van der Waals surface area contributed by atoms with Gasteiger partial charge in [0.1, 0.15) is 0 Å². The molecule has 176 valence electrons. The molecule has 9 nitrogen and oxygen atoms in total. The van der Waals surface area contributed by atoms with Crippen molar-refractivity contribution in [1.29, 1.82) is 0 Å². The van der Waals surface area contributed by atoms with E-state index in [0.29, 0.717) is 54.5 Å². The number of methoxy groups -OCH3 is 2. The largest absolute Gasteiger partial charge is 0.493 e. The van der Waals surface area contributed by atoms with Gasteiger partial charge in [-0.05, 0) is 56.3 Å². The van der Waals surface area contributed by atoms with Gasteiger partial charge in [-0.2, -0.15) is 0 Å². The maximum atomic E-state index is 12.7. The summed E-state index contributed by atoms with van der Waals surface area (Å²) in [5.74, 6) is 0.673. The maximum Gasteiger partial charge on any atom is 0.238 e. The predicted molar refractivity (Wildman–Crippen MR) is 127 cm³/mol. The third-order valence-electron chi connectivity index (χ3n) is 5.44. The minimum Gasteiger partial charge on any atom is -0.493 e. The van der Waals surface area contributed by atoms with Crippen molar-refractivity contribution in [2.45, 2.75) is 19.8 Å². The number of carbonyl (C=O) groups is 3. The van der Waals surface area contributed by atoms with Crippen LogP contribution in [0.2, 0.25) is 0 Å².